The second kappa shape index (κ2) is 5.39. The summed E-state index contributed by atoms with van der Waals surface area (Å²) in [5, 5.41) is 0. The smallest absolute Gasteiger partial charge is 0.349 e. The summed E-state index contributed by atoms with van der Waals surface area (Å²) in [5.74, 6) is -1.81. The van der Waals surface area contributed by atoms with E-state index in [1.54, 1.807) is 4.57 Å². The molecule has 0 bridgehead atoms. The van der Waals surface area contributed by atoms with Crippen LogP contribution in [0.4, 0.5) is 13.2 Å². The van der Waals surface area contributed by atoms with Gasteiger partial charge in [0.1, 0.15) is 0 Å². The molecule has 0 amide bonds. The lowest BCUT2D eigenvalue weighted by Gasteiger charge is -2.12. The highest BCUT2D eigenvalue weighted by Crippen LogP contribution is 2.23. The first-order valence-electron chi connectivity index (χ1n) is 6.52. The Morgan fingerprint density at radius 2 is 1.71 bits per heavy atom. The van der Waals surface area contributed by atoms with E-state index in [2.05, 4.69) is 0 Å². The van der Waals surface area contributed by atoms with Crippen molar-refractivity contribution in [3.05, 3.63) is 58.4 Å². The molecule has 0 aliphatic carbocycles. The van der Waals surface area contributed by atoms with E-state index in [-0.39, 0.29) is 5.56 Å². The van der Waals surface area contributed by atoms with Crippen LogP contribution in [0, 0.1) is 20.8 Å². The van der Waals surface area contributed by atoms with Gasteiger partial charge in [-0.15, -0.1) is 0 Å². The Labute approximate surface area is 121 Å². The zero-order chi connectivity index (χ0) is 15.8. The molecule has 0 fully saturated rings. The Morgan fingerprint density at radius 3 is 2.24 bits per heavy atom. The van der Waals surface area contributed by atoms with Crippen LogP contribution in [0.2, 0.25) is 0 Å². The zero-order valence-electron chi connectivity index (χ0n) is 12.1. The molecule has 0 aliphatic heterocycles. The van der Waals surface area contributed by atoms with E-state index in [1.807, 2.05) is 32.9 Å². The number of benzene rings is 1. The summed E-state index contributed by atoms with van der Waals surface area (Å²) in [4.78, 5) is 11.2. The van der Waals surface area contributed by atoms with Gasteiger partial charge in [-0.2, -0.15) is 13.2 Å². The highest BCUT2D eigenvalue weighted by molar-refractivity contribution is 6.00. The van der Waals surface area contributed by atoms with Crippen LogP contribution in [-0.2, 0) is 6.54 Å². The minimum atomic E-state index is -4.83. The van der Waals surface area contributed by atoms with E-state index in [0.717, 1.165) is 22.3 Å². The Balaban J connectivity index is 2.27. The largest absolute Gasteiger partial charge is 0.454 e. The quantitative estimate of drug-likeness (QED) is 0.778. The number of halogens is 3. The number of ketones is 1. The molecule has 0 aliphatic rings. The summed E-state index contributed by atoms with van der Waals surface area (Å²) in [6.45, 7) is 6.39. The molecule has 5 heteroatoms. The molecule has 0 saturated carbocycles. The first kappa shape index (κ1) is 15.4. The molecular weight excluding hydrogens is 279 g/mol. The van der Waals surface area contributed by atoms with E-state index < -0.39 is 12.0 Å². The third kappa shape index (κ3) is 3.35. The Hall–Kier alpha value is -2.04. The lowest BCUT2D eigenvalue weighted by molar-refractivity contribution is -0.0885. The van der Waals surface area contributed by atoms with Gasteiger partial charge >= 0.3 is 6.18 Å². The summed E-state index contributed by atoms with van der Waals surface area (Å²) >= 11 is 0. The van der Waals surface area contributed by atoms with Gasteiger partial charge < -0.3 is 4.57 Å². The van der Waals surface area contributed by atoms with Crippen LogP contribution in [0.3, 0.4) is 0 Å². The van der Waals surface area contributed by atoms with Crippen LogP contribution in [0.15, 0.2) is 30.6 Å². The molecule has 2 nitrogen and oxygen atoms in total. The Morgan fingerprint density at radius 1 is 1.14 bits per heavy atom. The van der Waals surface area contributed by atoms with Gasteiger partial charge in [-0.05, 0) is 43.5 Å². The third-order valence-electron chi connectivity index (χ3n) is 3.45. The first-order chi connectivity index (χ1) is 9.68. The summed E-state index contributed by atoms with van der Waals surface area (Å²) < 4.78 is 38.8. The highest BCUT2D eigenvalue weighted by Gasteiger charge is 2.39. The van der Waals surface area contributed by atoms with Crippen molar-refractivity contribution < 1.29 is 18.0 Å². The van der Waals surface area contributed by atoms with E-state index in [0.29, 0.717) is 6.54 Å². The van der Waals surface area contributed by atoms with Gasteiger partial charge in [0, 0.05) is 24.5 Å². The Bertz CT molecular complexity index is 660. The van der Waals surface area contributed by atoms with Gasteiger partial charge in [-0.25, -0.2) is 0 Å². The number of rotatable bonds is 3. The summed E-state index contributed by atoms with van der Waals surface area (Å²) in [5.41, 5.74) is 4.05. The second-order valence-electron chi connectivity index (χ2n) is 5.28. The molecule has 1 heterocycles. The average Bonchev–Trinajstić information content (AvgIpc) is 2.80. The average molecular weight is 295 g/mol. The summed E-state index contributed by atoms with van der Waals surface area (Å²) in [6, 6.07) is 5.27. The van der Waals surface area contributed by atoms with Gasteiger partial charge in [-0.1, -0.05) is 17.7 Å². The number of nitrogens with zero attached hydrogens (tertiary/aromatic N) is 1. The van der Waals surface area contributed by atoms with Crippen molar-refractivity contribution in [2.45, 2.75) is 33.5 Å². The minimum Gasteiger partial charge on any atom is -0.349 e. The topological polar surface area (TPSA) is 22.0 Å². The third-order valence-corrected chi connectivity index (χ3v) is 3.45. The number of alkyl halides is 3. The summed E-state index contributed by atoms with van der Waals surface area (Å²) in [6.07, 6.45) is -2.09. The van der Waals surface area contributed by atoms with Gasteiger partial charge in [0.25, 0.3) is 5.78 Å². The van der Waals surface area contributed by atoms with Crippen molar-refractivity contribution >= 4 is 5.78 Å². The summed E-state index contributed by atoms with van der Waals surface area (Å²) in [7, 11) is 0. The van der Waals surface area contributed by atoms with Gasteiger partial charge in [0.15, 0.2) is 0 Å². The van der Waals surface area contributed by atoms with Crippen LogP contribution in [-0.4, -0.2) is 16.5 Å². The lowest BCUT2D eigenvalue weighted by atomic mass is 10.00. The minimum absolute atomic E-state index is 0.329. The Kier molecular flexibility index (Phi) is 3.94. The van der Waals surface area contributed by atoms with Crippen LogP contribution in [0.5, 0.6) is 0 Å². The van der Waals surface area contributed by atoms with Gasteiger partial charge in [0.05, 0.1) is 0 Å². The van der Waals surface area contributed by atoms with Crippen molar-refractivity contribution in [1.82, 2.24) is 4.57 Å². The number of carbonyl (C=O) groups excluding carboxylic acids is 1. The first-order valence-corrected chi connectivity index (χ1v) is 6.52. The number of carbonyl (C=O) groups is 1. The van der Waals surface area contributed by atoms with Crippen molar-refractivity contribution in [1.29, 1.82) is 0 Å². The van der Waals surface area contributed by atoms with Crippen molar-refractivity contribution in [2.75, 3.05) is 0 Å². The lowest BCUT2D eigenvalue weighted by Crippen LogP contribution is -2.22. The van der Waals surface area contributed by atoms with Crippen LogP contribution in [0.25, 0.3) is 0 Å². The standard InChI is InChI=1S/C16H16F3NO/c1-10-6-11(2)14(12(3)7-10)9-20-5-4-13(8-20)15(21)16(17,18)19/h4-8H,9H2,1-3H3. The molecule has 112 valence electrons. The SMILES string of the molecule is Cc1cc(C)c(Cn2ccc(C(=O)C(F)(F)F)c2)c(C)c1. The highest BCUT2D eigenvalue weighted by atomic mass is 19.4. The molecule has 0 atom stereocenters. The molecule has 0 saturated heterocycles. The maximum atomic E-state index is 12.4. The van der Waals surface area contributed by atoms with Crippen LogP contribution < -0.4 is 0 Å². The van der Waals surface area contributed by atoms with E-state index >= 15 is 0 Å². The van der Waals surface area contributed by atoms with Gasteiger partial charge in [-0.3, -0.25) is 4.79 Å². The number of hydrogen-bond donors (Lipinski definition) is 0. The molecule has 0 unspecified atom stereocenters. The second-order valence-corrected chi connectivity index (χ2v) is 5.28. The maximum absolute atomic E-state index is 12.4. The fourth-order valence-electron chi connectivity index (χ4n) is 2.48. The van der Waals surface area contributed by atoms with E-state index in [1.165, 1.54) is 18.5 Å². The molecule has 21 heavy (non-hydrogen) atoms. The number of Topliss-reactive ketones (excluding diaryl/α,β-unsaturated/α-hetero) is 1. The normalized spacial score (nSPS) is 11.7. The fourth-order valence-corrected chi connectivity index (χ4v) is 2.48. The fraction of sp³-hybridized carbons (Fsp3) is 0.312. The van der Waals surface area contributed by atoms with Crippen LogP contribution >= 0.6 is 0 Å². The van der Waals surface area contributed by atoms with Gasteiger partial charge in [0.2, 0.25) is 0 Å². The van der Waals surface area contributed by atoms with Crippen LogP contribution in [0.1, 0.15) is 32.6 Å². The van der Waals surface area contributed by atoms with Crippen molar-refractivity contribution in [3.63, 3.8) is 0 Å². The number of aromatic nitrogens is 1. The van der Waals surface area contributed by atoms with E-state index in [9.17, 15) is 18.0 Å². The predicted octanol–water partition coefficient (Wildman–Crippen LogP) is 4.21. The number of hydrogen-bond acceptors (Lipinski definition) is 1. The van der Waals surface area contributed by atoms with Crippen molar-refractivity contribution in [2.24, 2.45) is 0 Å². The molecule has 1 aromatic carbocycles. The zero-order valence-corrected chi connectivity index (χ0v) is 12.1. The molecule has 2 rings (SSSR count). The molecular formula is C16H16F3NO. The molecule has 0 spiro atoms. The predicted molar refractivity (Wildman–Crippen MR) is 74.6 cm³/mol. The van der Waals surface area contributed by atoms with Crippen molar-refractivity contribution in [3.8, 4) is 0 Å². The number of aryl methyl sites for hydroxylation is 3. The molecule has 0 radical (unpaired) electrons. The molecule has 2 aromatic rings. The maximum Gasteiger partial charge on any atom is 0.454 e. The van der Waals surface area contributed by atoms with E-state index in [4.69, 9.17) is 0 Å². The molecule has 1 aromatic heterocycles. The molecule has 0 N–H and O–H groups in total. The monoisotopic (exact) mass is 295 g/mol.